The normalized spacial score (nSPS) is 27.6. The number of benzene rings is 1. The second kappa shape index (κ2) is 6.03. The topological polar surface area (TPSA) is 26.0 Å². The Morgan fingerprint density at radius 3 is 2.60 bits per heavy atom. The summed E-state index contributed by atoms with van der Waals surface area (Å²) in [7, 11) is 0. The molecule has 2 N–H and O–H groups in total. The molecule has 1 saturated carbocycles. The zero-order chi connectivity index (χ0) is 14.9. The summed E-state index contributed by atoms with van der Waals surface area (Å²) < 4.78 is 13.5. The van der Waals surface area contributed by atoms with Gasteiger partial charge in [0.1, 0.15) is 5.82 Å². The van der Waals surface area contributed by atoms with Gasteiger partial charge in [0.2, 0.25) is 0 Å². The van der Waals surface area contributed by atoms with E-state index in [4.69, 9.17) is 17.3 Å². The van der Waals surface area contributed by atoms with Crippen LogP contribution in [0.4, 0.5) is 4.39 Å². The molecule has 3 heteroatoms. The van der Waals surface area contributed by atoms with E-state index >= 15 is 0 Å². The van der Waals surface area contributed by atoms with Crippen molar-refractivity contribution in [2.75, 3.05) is 0 Å². The number of nitrogens with two attached hydrogens (primary N) is 1. The minimum atomic E-state index is -0.332. The summed E-state index contributed by atoms with van der Waals surface area (Å²) in [5.74, 6) is 0.805. The van der Waals surface area contributed by atoms with Crippen LogP contribution in [0, 0.1) is 23.1 Å². The molecule has 0 saturated heterocycles. The van der Waals surface area contributed by atoms with E-state index in [2.05, 4.69) is 20.8 Å². The van der Waals surface area contributed by atoms with Gasteiger partial charge in [-0.2, -0.15) is 0 Å². The van der Waals surface area contributed by atoms with Crippen LogP contribution in [-0.2, 0) is 6.42 Å². The Hall–Kier alpha value is -0.600. The molecule has 3 unspecified atom stereocenters. The molecule has 0 amide bonds. The lowest BCUT2D eigenvalue weighted by Crippen LogP contribution is -2.40. The SMILES string of the molecule is CC(C)(C)C1CCC(N)C(Cc2ccc(Cl)c(F)c2)C1. The highest BCUT2D eigenvalue weighted by molar-refractivity contribution is 6.30. The maximum absolute atomic E-state index is 13.5. The van der Waals surface area contributed by atoms with E-state index in [9.17, 15) is 4.39 Å². The molecule has 1 fully saturated rings. The molecule has 0 bridgehead atoms. The molecule has 1 aliphatic carbocycles. The van der Waals surface area contributed by atoms with Crippen LogP contribution in [0.15, 0.2) is 18.2 Å². The lowest BCUT2D eigenvalue weighted by Gasteiger charge is -2.40. The second-order valence-corrected chi connectivity index (χ2v) is 7.66. The van der Waals surface area contributed by atoms with Crippen molar-refractivity contribution in [2.45, 2.75) is 52.5 Å². The van der Waals surface area contributed by atoms with Gasteiger partial charge in [0, 0.05) is 6.04 Å². The van der Waals surface area contributed by atoms with Crippen LogP contribution < -0.4 is 5.73 Å². The van der Waals surface area contributed by atoms with Crippen molar-refractivity contribution in [1.82, 2.24) is 0 Å². The summed E-state index contributed by atoms with van der Waals surface area (Å²) in [6.07, 6.45) is 4.26. The van der Waals surface area contributed by atoms with Gasteiger partial charge in [-0.25, -0.2) is 4.39 Å². The zero-order valence-electron chi connectivity index (χ0n) is 12.6. The van der Waals surface area contributed by atoms with E-state index in [0.29, 0.717) is 17.3 Å². The summed E-state index contributed by atoms with van der Waals surface area (Å²) in [6.45, 7) is 6.90. The second-order valence-electron chi connectivity index (χ2n) is 7.25. The standard InChI is InChI=1S/C17H25ClFN/c1-17(2,3)13-5-7-16(20)12(10-13)8-11-4-6-14(18)15(19)9-11/h4,6,9,12-13,16H,5,7-8,10,20H2,1-3H3. The number of hydrogen-bond donors (Lipinski definition) is 1. The van der Waals surface area contributed by atoms with Gasteiger partial charge in [-0.1, -0.05) is 38.4 Å². The van der Waals surface area contributed by atoms with Gasteiger partial charge in [0.05, 0.1) is 5.02 Å². The van der Waals surface area contributed by atoms with Gasteiger partial charge in [0.25, 0.3) is 0 Å². The van der Waals surface area contributed by atoms with Crippen molar-refractivity contribution in [3.05, 3.63) is 34.6 Å². The smallest absolute Gasteiger partial charge is 0.142 e. The molecular formula is C17H25ClFN. The van der Waals surface area contributed by atoms with Crippen LogP contribution in [0.1, 0.15) is 45.6 Å². The molecule has 0 radical (unpaired) electrons. The van der Waals surface area contributed by atoms with Gasteiger partial charge < -0.3 is 5.73 Å². The molecule has 1 nitrogen and oxygen atoms in total. The molecule has 1 aromatic carbocycles. The number of hydrogen-bond acceptors (Lipinski definition) is 1. The van der Waals surface area contributed by atoms with Gasteiger partial charge >= 0.3 is 0 Å². The molecule has 0 heterocycles. The van der Waals surface area contributed by atoms with Crippen molar-refractivity contribution in [3.63, 3.8) is 0 Å². The maximum atomic E-state index is 13.5. The van der Waals surface area contributed by atoms with Crippen molar-refractivity contribution < 1.29 is 4.39 Å². The van der Waals surface area contributed by atoms with Crippen LogP contribution in [-0.4, -0.2) is 6.04 Å². The van der Waals surface area contributed by atoms with E-state index in [1.807, 2.05) is 6.07 Å². The monoisotopic (exact) mass is 297 g/mol. The van der Waals surface area contributed by atoms with E-state index in [-0.39, 0.29) is 16.9 Å². The van der Waals surface area contributed by atoms with E-state index in [1.165, 1.54) is 6.42 Å². The first kappa shape index (κ1) is 15.8. The Labute approximate surface area is 126 Å². The van der Waals surface area contributed by atoms with Gasteiger partial charge in [-0.3, -0.25) is 0 Å². The minimum absolute atomic E-state index is 0.189. The third-order valence-corrected chi connectivity index (χ3v) is 5.05. The van der Waals surface area contributed by atoms with Crippen LogP contribution in [0.25, 0.3) is 0 Å². The fraction of sp³-hybridized carbons (Fsp3) is 0.647. The van der Waals surface area contributed by atoms with Crippen LogP contribution in [0.2, 0.25) is 5.02 Å². The lowest BCUT2D eigenvalue weighted by molar-refractivity contribution is 0.126. The summed E-state index contributed by atoms with van der Waals surface area (Å²) in [6, 6.07) is 5.34. The van der Waals surface area contributed by atoms with Gasteiger partial charge in [0.15, 0.2) is 0 Å². The fourth-order valence-corrected chi connectivity index (χ4v) is 3.40. The molecule has 0 spiro atoms. The average molecular weight is 298 g/mol. The summed E-state index contributed by atoms with van der Waals surface area (Å²) in [5, 5.41) is 0.189. The van der Waals surface area contributed by atoms with E-state index in [0.717, 1.165) is 24.8 Å². The number of halogens is 2. The maximum Gasteiger partial charge on any atom is 0.142 e. The largest absolute Gasteiger partial charge is 0.327 e. The molecule has 1 aliphatic rings. The summed E-state index contributed by atoms with van der Waals surface area (Å²) in [5.41, 5.74) is 7.61. The highest BCUT2D eigenvalue weighted by Crippen LogP contribution is 2.40. The quantitative estimate of drug-likeness (QED) is 0.833. The molecule has 2 rings (SSSR count). The molecule has 1 aromatic rings. The third-order valence-electron chi connectivity index (χ3n) is 4.75. The summed E-state index contributed by atoms with van der Waals surface area (Å²) in [4.78, 5) is 0. The average Bonchev–Trinajstić information content (AvgIpc) is 2.35. The fourth-order valence-electron chi connectivity index (χ4n) is 3.28. The van der Waals surface area contributed by atoms with E-state index < -0.39 is 0 Å². The van der Waals surface area contributed by atoms with Crippen LogP contribution in [0.3, 0.4) is 0 Å². The Morgan fingerprint density at radius 1 is 1.30 bits per heavy atom. The Balaban J connectivity index is 2.08. The minimum Gasteiger partial charge on any atom is -0.327 e. The number of rotatable bonds is 2. The molecule has 20 heavy (non-hydrogen) atoms. The highest BCUT2D eigenvalue weighted by atomic mass is 35.5. The molecule has 112 valence electrons. The Morgan fingerprint density at radius 2 is 2.00 bits per heavy atom. The Bertz CT molecular complexity index is 467. The lowest BCUT2D eigenvalue weighted by atomic mass is 9.66. The predicted octanol–water partition coefficient (Wildman–Crippen LogP) is 4.81. The molecule has 3 atom stereocenters. The first-order valence-electron chi connectivity index (χ1n) is 7.47. The van der Waals surface area contributed by atoms with Crippen molar-refractivity contribution in [1.29, 1.82) is 0 Å². The van der Waals surface area contributed by atoms with Crippen LogP contribution >= 0.6 is 11.6 Å². The molecular weight excluding hydrogens is 273 g/mol. The first-order chi connectivity index (χ1) is 9.27. The van der Waals surface area contributed by atoms with Crippen molar-refractivity contribution in [2.24, 2.45) is 23.0 Å². The van der Waals surface area contributed by atoms with Crippen molar-refractivity contribution in [3.8, 4) is 0 Å². The van der Waals surface area contributed by atoms with Crippen LogP contribution in [0.5, 0.6) is 0 Å². The highest BCUT2D eigenvalue weighted by Gasteiger charge is 2.34. The molecule has 0 aliphatic heterocycles. The van der Waals surface area contributed by atoms with Gasteiger partial charge in [-0.05, 0) is 60.6 Å². The zero-order valence-corrected chi connectivity index (χ0v) is 13.4. The molecule has 0 aromatic heterocycles. The van der Waals surface area contributed by atoms with Crippen molar-refractivity contribution >= 4 is 11.6 Å². The first-order valence-corrected chi connectivity index (χ1v) is 7.84. The van der Waals surface area contributed by atoms with E-state index in [1.54, 1.807) is 12.1 Å². The summed E-state index contributed by atoms with van der Waals surface area (Å²) >= 11 is 5.74. The predicted molar refractivity (Wildman–Crippen MR) is 83.4 cm³/mol. The van der Waals surface area contributed by atoms with Gasteiger partial charge in [-0.15, -0.1) is 0 Å². The Kier molecular flexibility index (Phi) is 4.76. The third kappa shape index (κ3) is 3.73.